The van der Waals surface area contributed by atoms with Gasteiger partial charge >= 0.3 is 0 Å². The van der Waals surface area contributed by atoms with E-state index in [1.807, 2.05) is 0 Å². The zero-order valence-electron chi connectivity index (χ0n) is 12.6. The van der Waals surface area contributed by atoms with Crippen LogP contribution in [0.25, 0.3) is 0 Å². The van der Waals surface area contributed by atoms with Crippen molar-refractivity contribution >= 4 is 5.91 Å². The van der Waals surface area contributed by atoms with Gasteiger partial charge < -0.3 is 4.90 Å². The fourth-order valence-electron chi connectivity index (χ4n) is 2.79. The van der Waals surface area contributed by atoms with Gasteiger partial charge in [0.25, 0.3) is 0 Å². The summed E-state index contributed by atoms with van der Waals surface area (Å²) < 4.78 is 0. The molecule has 1 unspecified atom stereocenters. The first-order valence-electron chi connectivity index (χ1n) is 7.97. The van der Waals surface area contributed by atoms with Crippen LogP contribution < -0.4 is 0 Å². The van der Waals surface area contributed by atoms with Gasteiger partial charge in [0, 0.05) is 19.0 Å². The Hall–Kier alpha value is -0.530. The molecule has 0 aromatic carbocycles. The van der Waals surface area contributed by atoms with Crippen molar-refractivity contribution in [3.05, 3.63) is 0 Å². The molecule has 1 amide bonds. The van der Waals surface area contributed by atoms with Crippen LogP contribution in [0, 0.1) is 11.8 Å². The zero-order valence-corrected chi connectivity index (χ0v) is 12.6. The van der Waals surface area contributed by atoms with Crippen LogP contribution in [-0.4, -0.2) is 23.9 Å². The SMILES string of the molecule is CCCN(CCC(C)CC)C(=O)C1CCCCC1. The molecule has 0 aliphatic heterocycles. The Bertz CT molecular complexity index is 233. The quantitative estimate of drug-likeness (QED) is 0.664. The van der Waals surface area contributed by atoms with Gasteiger partial charge in [-0.3, -0.25) is 4.79 Å². The Kier molecular flexibility index (Phi) is 7.38. The van der Waals surface area contributed by atoms with Crippen LogP contribution in [0.3, 0.4) is 0 Å². The third-order valence-electron chi connectivity index (χ3n) is 4.35. The van der Waals surface area contributed by atoms with E-state index in [2.05, 4.69) is 25.7 Å². The molecular weight excluding hydrogens is 222 g/mol. The van der Waals surface area contributed by atoms with E-state index in [0.717, 1.165) is 44.7 Å². The molecule has 1 aliphatic carbocycles. The molecule has 1 atom stereocenters. The second kappa shape index (κ2) is 8.55. The molecule has 0 aromatic heterocycles. The molecule has 0 saturated heterocycles. The van der Waals surface area contributed by atoms with Crippen molar-refractivity contribution in [2.75, 3.05) is 13.1 Å². The lowest BCUT2D eigenvalue weighted by molar-refractivity contribution is -0.136. The predicted molar refractivity (Wildman–Crippen MR) is 77.5 cm³/mol. The van der Waals surface area contributed by atoms with Gasteiger partial charge in [0.15, 0.2) is 0 Å². The summed E-state index contributed by atoms with van der Waals surface area (Å²) in [4.78, 5) is 14.7. The molecule has 2 nitrogen and oxygen atoms in total. The summed E-state index contributed by atoms with van der Waals surface area (Å²) >= 11 is 0. The summed E-state index contributed by atoms with van der Waals surface area (Å²) in [6.45, 7) is 8.61. The Labute approximate surface area is 113 Å². The minimum Gasteiger partial charge on any atom is -0.342 e. The molecule has 18 heavy (non-hydrogen) atoms. The van der Waals surface area contributed by atoms with E-state index in [1.54, 1.807) is 0 Å². The molecule has 0 spiro atoms. The van der Waals surface area contributed by atoms with E-state index in [1.165, 1.54) is 25.7 Å². The van der Waals surface area contributed by atoms with Crippen LogP contribution in [0.1, 0.15) is 72.1 Å². The van der Waals surface area contributed by atoms with Gasteiger partial charge in [-0.2, -0.15) is 0 Å². The number of amides is 1. The summed E-state index contributed by atoms with van der Waals surface area (Å²) in [5.41, 5.74) is 0. The molecule has 0 radical (unpaired) electrons. The standard InChI is InChI=1S/C16H31NO/c1-4-12-17(13-11-14(3)5-2)16(18)15-9-7-6-8-10-15/h14-15H,4-13H2,1-3H3. The lowest BCUT2D eigenvalue weighted by Crippen LogP contribution is -2.38. The summed E-state index contributed by atoms with van der Waals surface area (Å²) in [6, 6.07) is 0. The highest BCUT2D eigenvalue weighted by molar-refractivity contribution is 5.78. The van der Waals surface area contributed by atoms with Crippen LogP contribution in [-0.2, 0) is 4.79 Å². The van der Waals surface area contributed by atoms with Gasteiger partial charge in [-0.05, 0) is 31.6 Å². The second-order valence-corrected chi connectivity index (χ2v) is 5.96. The van der Waals surface area contributed by atoms with Gasteiger partial charge in [-0.1, -0.05) is 46.5 Å². The van der Waals surface area contributed by atoms with Gasteiger partial charge in [0.2, 0.25) is 5.91 Å². The fourth-order valence-corrected chi connectivity index (χ4v) is 2.79. The van der Waals surface area contributed by atoms with Gasteiger partial charge in [0.1, 0.15) is 0 Å². The van der Waals surface area contributed by atoms with Crippen LogP contribution >= 0.6 is 0 Å². The Morgan fingerprint density at radius 3 is 2.39 bits per heavy atom. The molecule has 1 saturated carbocycles. The Morgan fingerprint density at radius 1 is 1.17 bits per heavy atom. The molecule has 0 heterocycles. The van der Waals surface area contributed by atoms with Crippen molar-refractivity contribution in [1.29, 1.82) is 0 Å². The molecule has 0 N–H and O–H groups in total. The normalized spacial score (nSPS) is 18.6. The summed E-state index contributed by atoms with van der Waals surface area (Å²) in [6.07, 6.45) is 9.55. The van der Waals surface area contributed by atoms with Crippen molar-refractivity contribution in [3.63, 3.8) is 0 Å². The topological polar surface area (TPSA) is 20.3 Å². The van der Waals surface area contributed by atoms with Crippen molar-refractivity contribution in [2.24, 2.45) is 11.8 Å². The van der Waals surface area contributed by atoms with E-state index in [9.17, 15) is 4.79 Å². The highest BCUT2D eigenvalue weighted by Gasteiger charge is 2.25. The first-order chi connectivity index (χ1) is 8.69. The van der Waals surface area contributed by atoms with Crippen LogP contribution in [0.4, 0.5) is 0 Å². The van der Waals surface area contributed by atoms with Gasteiger partial charge in [-0.25, -0.2) is 0 Å². The van der Waals surface area contributed by atoms with E-state index < -0.39 is 0 Å². The lowest BCUT2D eigenvalue weighted by atomic mass is 9.88. The van der Waals surface area contributed by atoms with Crippen molar-refractivity contribution in [1.82, 2.24) is 4.90 Å². The minimum absolute atomic E-state index is 0.335. The molecule has 1 fully saturated rings. The van der Waals surface area contributed by atoms with E-state index in [4.69, 9.17) is 0 Å². The average molecular weight is 253 g/mol. The first-order valence-corrected chi connectivity index (χ1v) is 7.97. The van der Waals surface area contributed by atoms with Crippen LogP contribution in [0.2, 0.25) is 0 Å². The fraction of sp³-hybridized carbons (Fsp3) is 0.938. The monoisotopic (exact) mass is 253 g/mol. The van der Waals surface area contributed by atoms with Gasteiger partial charge in [0.05, 0.1) is 0 Å². The smallest absolute Gasteiger partial charge is 0.225 e. The lowest BCUT2D eigenvalue weighted by Gasteiger charge is -2.30. The molecule has 106 valence electrons. The molecule has 2 heteroatoms. The van der Waals surface area contributed by atoms with E-state index in [-0.39, 0.29) is 0 Å². The number of carbonyl (C=O) groups is 1. The number of carbonyl (C=O) groups excluding carboxylic acids is 1. The van der Waals surface area contributed by atoms with Crippen LogP contribution in [0.15, 0.2) is 0 Å². The number of nitrogens with zero attached hydrogens (tertiary/aromatic N) is 1. The first kappa shape index (κ1) is 15.5. The predicted octanol–water partition coefficient (Wildman–Crippen LogP) is 4.24. The molecular formula is C16H31NO. The Morgan fingerprint density at radius 2 is 1.83 bits per heavy atom. The van der Waals surface area contributed by atoms with E-state index >= 15 is 0 Å². The number of hydrogen-bond acceptors (Lipinski definition) is 1. The highest BCUT2D eigenvalue weighted by Crippen LogP contribution is 2.25. The summed E-state index contributed by atoms with van der Waals surface area (Å²) in [7, 11) is 0. The summed E-state index contributed by atoms with van der Waals surface area (Å²) in [5, 5.41) is 0. The maximum Gasteiger partial charge on any atom is 0.225 e. The van der Waals surface area contributed by atoms with Crippen molar-refractivity contribution in [2.45, 2.75) is 72.1 Å². The third-order valence-corrected chi connectivity index (χ3v) is 4.35. The molecule has 0 aromatic rings. The van der Waals surface area contributed by atoms with Crippen LogP contribution in [0.5, 0.6) is 0 Å². The molecule has 0 bridgehead atoms. The summed E-state index contributed by atoms with van der Waals surface area (Å²) in [5.74, 6) is 1.52. The van der Waals surface area contributed by atoms with Crippen molar-refractivity contribution in [3.8, 4) is 0 Å². The molecule has 1 rings (SSSR count). The van der Waals surface area contributed by atoms with Gasteiger partial charge in [-0.15, -0.1) is 0 Å². The second-order valence-electron chi connectivity index (χ2n) is 5.96. The maximum absolute atomic E-state index is 12.5. The number of rotatable bonds is 7. The van der Waals surface area contributed by atoms with E-state index in [0.29, 0.717) is 11.8 Å². The Balaban J connectivity index is 2.45. The number of hydrogen-bond donors (Lipinski definition) is 0. The third kappa shape index (κ3) is 4.99. The molecule has 1 aliphatic rings. The minimum atomic E-state index is 0.335. The highest BCUT2D eigenvalue weighted by atomic mass is 16.2. The largest absolute Gasteiger partial charge is 0.342 e. The van der Waals surface area contributed by atoms with Crippen molar-refractivity contribution < 1.29 is 4.79 Å². The zero-order chi connectivity index (χ0) is 13.4. The maximum atomic E-state index is 12.5. The average Bonchev–Trinajstić information content (AvgIpc) is 2.43.